The Balaban J connectivity index is 2.18. The van der Waals surface area contributed by atoms with Crippen LogP contribution in [0.4, 0.5) is 0 Å². The second-order valence-corrected chi connectivity index (χ2v) is 4.68. The van der Waals surface area contributed by atoms with Crippen molar-refractivity contribution in [3.63, 3.8) is 0 Å². The molecular weight excluding hydrogens is 256 g/mol. The fourth-order valence-electron chi connectivity index (χ4n) is 2.04. The molecule has 5 nitrogen and oxygen atoms in total. The molecule has 0 aliphatic rings. The number of hydrogen-bond acceptors (Lipinski definition) is 3. The van der Waals surface area contributed by atoms with Gasteiger partial charge in [0.1, 0.15) is 6.04 Å². The molecule has 20 heavy (non-hydrogen) atoms. The van der Waals surface area contributed by atoms with Gasteiger partial charge in [0.2, 0.25) is 0 Å². The van der Waals surface area contributed by atoms with Crippen molar-refractivity contribution < 1.29 is 14.6 Å². The normalized spacial score (nSPS) is 12.3. The first-order valence-electron chi connectivity index (χ1n) is 6.33. The Hall–Kier alpha value is -2.11. The molecule has 0 unspecified atom stereocenters. The lowest BCUT2D eigenvalue weighted by Crippen LogP contribution is -2.32. The van der Waals surface area contributed by atoms with Gasteiger partial charge in [-0.1, -0.05) is 12.1 Å². The van der Waals surface area contributed by atoms with Crippen LogP contribution < -0.4 is 5.73 Å². The van der Waals surface area contributed by atoms with E-state index in [-0.39, 0.29) is 0 Å². The first kappa shape index (κ1) is 14.3. The maximum atomic E-state index is 10.8. The summed E-state index contributed by atoms with van der Waals surface area (Å²) in [7, 11) is 1.66. The van der Waals surface area contributed by atoms with Gasteiger partial charge in [0.05, 0.1) is 6.61 Å². The maximum Gasteiger partial charge on any atom is 0.320 e. The van der Waals surface area contributed by atoms with Crippen molar-refractivity contribution in [1.29, 1.82) is 0 Å². The first-order valence-corrected chi connectivity index (χ1v) is 6.33. The third-order valence-corrected chi connectivity index (χ3v) is 3.05. The van der Waals surface area contributed by atoms with Crippen LogP contribution in [0, 0.1) is 0 Å². The molecule has 1 atom stereocenters. The summed E-state index contributed by atoms with van der Waals surface area (Å²) in [5, 5.41) is 8.85. The molecule has 1 aromatic carbocycles. The highest BCUT2D eigenvalue weighted by Crippen LogP contribution is 2.14. The predicted octanol–water partition coefficient (Wildman–Crippen LogP) is 1.58. The van der Waals surface area contributed by atoms with Crippen molar-refractivity contribution in [2.24, 2.45) is 5.73 Å². The fourth-order valence-corrected chi connectivity index (χ4v) is 2.04. The molecule has 0 bridgehead atoms. The third kappa shape index (κ3) is 3.46. The number of aliphatic carboxylic acids is 1. The molecule has 0 saturated heterocycles. The highest BCUT2D eigenvalue weighted by atomic mass is 16.5. The van der Waals surface area contributed by atoms with E-state index in [2.05, 4.69) is 0 Å². The second kappa shape index (κ2) is 6.36. The van der Waals surface area contributed by atoms with Crippen molar-refractivity contribution >= 4 is 5.97 Å². The SMILES string of the molecule is COCc1ccn(-c2cccc(C[C@H](N)C(=O)O)c2)c1. The summed E-state index contributed by atoms with van der Waals surface area (Å²) in [4.78, 5) is 10.8. The monoisotopic (exact) mass is 274 g/mol. The Kier molecular flexibility index (Phi) is 4.55. The molecular formula is C15H18N2O3. The number of carboxylic acid groups (broad SMARTS) is 1. The van der Waals surface area contributed by atoms with Crippen LogP contribution in [-0.2, 0) is 22.6 Å². The van der Waals surface area contributed by atoms with Crippen LogP contribution in [0.2, 0.25) is 0 Å². The molecule has 106 valence electrons. The van der Waals surface area contributed by atoms with Crippen LogP contribution in [0.5, 0.6) is 0 Å². The fraction of sp³-hybridized carbons (Fsp3) is 0.267. The van der Waals surface area contributed by atoms with Gasteiger partial charge in [-0.05, 0) is 35.7 Å². The molecule has 3 N–H and O–H groups in total. The molecule has 1 heterocycles. The van der Waals surface area contributed by atoms with Crippen LogP contribution in [0.25, 0.3) is 5.69 Å². The molecule has 2 aromatic rings. The highest BCUT2D eigenvalue weighted by molar-refractivity contribution is 5.73. The minimum absolute atomic E-state index is 0.315. The van der Waals surface area contributed by atoms with Crippen LogP contribution >= 0.6 is 0 Å². The zero-order chi connectivity index (χ0) is 14.5. The van der Waals surface area contributed by atoms with Gasteiger partial charge >= 0.3 is 5.97 Å². The van der Waals surface area contributed by atoms with E-state index in [1.165, 1.54) is 0 Å². The lowest BCUT2D eigenvalue weighted by Gasteiger charge is -2.09. The Morgan fingerprint density at radius 3 is 2.90 bits per heavy atom. The van der Waals surface area contributed by atoms with Crippen molar-refractivity contribution in [2.45, 2.75) is 19.1 Å². The van der Waals surface area contributed by atoms with E-state index in [1.54, 1.807) is 7.11 Å². The standard InChI is InChI=1S/C15H18N2O3/c1-20-10-12-5-6-17(9-12)13-4-2-3-11(7-13)8-14(16)15(18)19/h2-7,9,14H,8,10,16H2,1H3,(H,18,19)/t14-/m0/s1. The summed E-state index contributed by atoms with van der Waals surface area (Å²) in [6, 6.07) is 8.80. The molecule has 0 amide bonds. The van der Waals surface area contributed by atoms with E-state index >= 15 is 0 Å². The summed E-state index contributed by atoms with van der Waals surface area (Å²) in [5.41, 5.74) is 8.52. The van der Waals surface area contributed by atoms with Gasteiger partial charge in [-0.2, -0.15) is 0 Å². The van der Waals surface area contributed by atoms with Crippen LogP contribution in [0.15, 0.2) is 42.7 Å². The number of aromatic nitrogens is 1. The number of carboxylic acids is 1. The number of benzene rings is 1. The summed E-state index contributed by atoms with van der Waals surface area (Å²) >= 11 is 0. The predicted molar refractivity (Wildman–Crippen MR) is 75.8 cm³/mol. The highest BCUT2D eigenvalue weighted by Gasteiger charge is 2.12. The maximum absolute atomic E-state index is 10.8. The van der Waals surface area contributed by atoms with E-state index in [0.717, 1.165) is 16.8 Å². The first-order chi connectivity index (χ1) is 9.60. The molecule has 0 saturated carbocycles. The number of rotatable bonds is 6. The summed E-state index contributed by atoms with van der Waals surface area (Å²) in [5.74, 6) is -0.987. The smallest absolute Gasteiger partial charge is 0.320 e. The van der Waals surface area contributed by atoms with Crippen LogP contribution in [0.1, 0.15) is 11.1 Å². The molecule has 0 fully saturated rings. The molecule has 0 radical (unpaired) electrons. The Labute approximate surface area is 117 Å². The van der Waals surface area contributed by atoms with Crippen molar-refractivity contribution in [3.05, 3.63) is 53.9 Å². The molecule has 1 aromatic heterocycles. The van der Waals surface area contributed by atoms with E-state index in [9.17, 15) is 4.79 Å². The van der Waals surface area contributed by atoms with E-state index in [0.29, 0.717) is 13.0 Å². The number of methoxy groups -OCH3 is 1. The number of ether oxygens (including phenoxy) is 1. The number of nitrogens with two attached hydrogens (primary N) is 1. The largest absolute Gasteiger partial charge is 0.480 e. The second-order valence-electron chi connectivity index (χ2n) is 4.68. The summed E-state index contributed by atoms with van der Waals surface area (Å²) < 4.78 is 7.06. The van der Waals surface area contributed by atoms with Gasteiger partial charge in [0, 0.05) is 25.2 Å². The number of carbonyl (C=O) groups is 1. The average Bonchev–Trinajstić information content (AvgIpc) is 2.88. The zero-order valence-corrected chi connectivity index (χ0v) is 11.3. The van der Waals surface area contributed by atoms with Crippen molar-refractivity contribution in [1.82, 2.24) is 4.57 Å². The quantitative estimate of drug-likeness (QED) is 0.838. The van der Waals surface area contributed by atoms with Gasteiger partial charge in [-0.25, -0.2) is 0 Å². The van der Waals surface area contributed by atoms with Crippen molar-refractivity contribution in [3.8, 4) is 5.69 Å². The Morgan fingerprint density at radius 1 is 1.40 bits per heavy atom. The van der Waals surface area contributed by atoms with E-state index in [4.69, 9.17) is 15.6 Å². The molecule has 0 spiro atoms. The molecule has 5 heteroatoms. The number of nitrogens with zero attached hydrogens (tertiary/aromatic N) is 1. The molecule has 0 aliphatic heterocycles. The minimum atomic E-state index is -0.987. The topological polar surface area (TPSA) is 77.5 Å². The van der Waals surface area contributed by atoms with Gasteiger partial charge in [0.25, 0.3) is 0 Å². The Morgan fingerprint density at radius 2 is 2.20 bits per heavy atom. The molecule has 0 aliphatic carbocycles. The Bertz CT molecular complexity index is 592. The lowest BCUT2D eigenvalue weighted by molar-refractivity contribution is -0.138. The lowest BCUT2D eigenvalue weighted by atomic mass is 10.1. The minimum Gasteiger partial charge on any atom is -0.480 e. The van der Waals surface area contributed by atoms with E-state index < -0.39 is 12.0 Å². The van der Waals surface area contributed by atoms with Gasteiger partial charge in [-0.3, -0.25) is 4.79 Å². The van der Waals surface area contributed by atoms with Crippen LogP contribution in [-0.4, -0.2) is 28.8 Å². The zero-order valence-electron chi connectivity index (χ0n) is 11.3. The van der Waals surface area contributed by atoms with Crippen LogP contribution in [0.3, 0.4) is 0 Å². The average molecular weight is 274 g/mol. The van der Waals surface area contributed by atoms with Crippen molar-refractivity contribution in [2.75, 3.05) is 7.11 Å². The van der Waals surface area contributed by atoms with E-state index in [1.807, 2.05) is 47.3 Å². The summed E-state index contributed by atoms with van der Waals surface area (Å²) in [6.07, 6.45) is 4.25. The third-order valence-electron chi connectivity index (χ3n) is 3.05. The van der Waals surface area contributed by atoms with Gasteiger partial charge in [0.15, 0.2) is 0 Å². The molecule has 2 rings (SSSR count). The van der Waals surface area contributed by atoms with Gasteiger partial charge < -0.3 is 20.1 Å². The van der Waals surface area contributed by atoms with Gasteiger partial charge in [-0.15, -0.1) is 0 Å². The summed E-state index contributed by atoms with van der Waals surface area (Å²) in [6.45, 7) is 0.566. The number of hydrogen-bond donors (Lipinski definition) is 2.